The third kappa shape index (κ3) is 4.30. The fraction of sp³-hybridized carbons (Fsp3) is 0.0417. The van der Waals surface area contributed by atoms with Crippen molar-refractivity contribution in [3.8, 4) is 0 Å². The van der Waals surface area contributed by atoms with Gasteiger partial charge in [-0.25, -0.2) is 4.99 Å². The zero-order valence-electron chi connectivity index (χ0n) is 15.2. The standard InChI is InChI=1S/C12H9NO.C8H7N.C4H4S/c1-2-6-11-10(5-1)9-12(13-11)7-3-4-8-14-12;1-2-4-8-7(3-1)5-6-9-8;1-2-4-5-3-1/h1-9H;1-6,9H;1-4H. The maximum atomic E-state index is 5.52. The van der Waals surface area contributed by atoms with Crippen LogP contribution in [0.4, 0.5) is 0 Å². The minimum Gasteiger partial charge on any atom is -0.466 e. The summed E-state index contributed by atoms with van der Waals surface area (Å²) < 4.78 is 5.52. The molecule has 0 bridgehead atoms. The van der Waals surface area contributed by atoms with Gasteiger partial charge in [-0.1, -0.05) is 54.6 Å². The van der Waals surface area contributed by atoms with E-state index in [0.29, 0.717) is 0 Å². The first kappa shape index (κ1) is 18.0. The Morgan fingerprint density at radius 1 is 0.857 bits per heavy atom. The van der Waals surface area contributed by atoms with E-state index in [9.17, 15) is 0 Å². The van der Waals surface area contributed by atoms with Crippen molar-refractivity contribution in [1.29, 1.82) is 0 Å². The number of aromatic nitrogens is 1. The van der Waals surface area contributed by atoms with Gasteiger partial charge < -0.3 is 9.72 Å². The van der Waals surface area contributed by atoms with Crippen LogP contribution in [0.15, 0.2) is 113 Å². The van der Waals surface area contributed by atoms with Gasteiger partial charge in [0.15, 0.2) is 0 Å². The van der Waals surface area contributed by atoms with Crippen LogP contribution in [0.5, 0.6) is 0 Å². The summed E-state index contributed by atoms with van der Waals surface area (Å²) in [7, 11) is 0. The van der Waals surface area contributed by atoms with Gasteiger partial charge in [0.25, 0.3) is 0 Å². The Kier molecular flexibility index (Phi) is 5.50. The highest BCUT2D eigenvalue weighted by Gasteiger charge is 2.27. The molecule has 0 amide bonds. The Morgan fingerprint density at radius 2 is 1.68 bits per heavy atom. The molecule has 1 unspecified atom stereocenters. The average molecular weight is 385 g/mol. The minimum absolute atomic E-state index is 0.585. The molecule has 4 heteroatoms. The summed E-state index contributed by atoms with van der Waals surface area (Å²) >= 11 is 1.71. The van der Waals surface area contributed by atoms with Crippen molar-refractivity contribution in [1.82, 2.24) is 4.98 Å². The Morgan fingerprint density at radius 3 is 2.39 bits per heavy atom. The average Bonchev–Trinajstić information content (AvgIpc) is 3.50. The highest BCUT2D eigenvalue weighted by Crippen LogP contribution is 2.21. The van der Waals surface area contributed by atoms with E-state index in [-0.39, 0.29) is 0 Å². The molecule has 1 N–H and O–H groups in total. The molecule has 2 aliphatic rings. The van der Waals surface area contributed by atoms with Crippen LogP contribution < -0.4 is 10.6 Å². The van der Waals surface area contributed by atoms with E-state index in [1.54, 1.807) is 17.6 Å². The molecule has 4 heterocycles. The normalized spacial score (nSPS) is 18.0. The van der Waals surface area contributed by atoms with Crippen LogP contribution >= 0.6 is 11.3 Å². The smallest absolute Gasteiger partial charge is 0.239 e. The fourth-order valence-electron chi connectivity index (χ4n) is 2.95. The van der Waals surface area contributed by atoms with Crippen molar-refractivity contribution in [3.05, 3.63) is 119 Å². The predicted molar refractivity (Wildman–Crippen MR) is 116 cm³/mol. The Bertz CT molecular complexity index is 1120. The summed E-state index contributed by atoms with van der Waals surface area (Å²) in [6.07, 6.45) is 11.4. The lowest BCUT2D eigenvalue weighted by molar-refractivity contribution is 0.134. The van der Waals surface area contributed by atoms with Gasteiger partial charge >= 0.3 is 0 Å². The number of nitrogens with zero attached hydrogens (tertiary/aromatic N) is 1. The summed E-state index contributed by atoms with van der Waals surface area (Å²) in [6, 6.07) is 22.4. The molecule has 1 atom stereocenters. The van der Waals surface area contributed by atoms with E-state index in [1.807, 2.05) is 89.8 Å². The van der Waals surface area contributed by atoms with Crippen LogP contribution in [-0.2, 0) is 4.74 Å². The molecule has 2 aromatic carbocycles. The van der Waals surface area contributed by atoms with Crippen LogP contribution in [0.3, 0.4) is 0 Å². The molecule has 138 valence electrons. The lowest BCUT2D eigenvalue weighted by atomic mass is 10.1. The predicted octanol–water partition coefficient (Wildman–Crippen LogP) is 4.81. The number of ether oxygens (including phenoxy) is 1. The molecular weight excluding hydrogens is 364 g/mol. The molecule has 0 fully saturated rings. The first-order valence-corrected chi connectivity index (χ1v) is 9.98. The summed E-state index contributed by atoms with van der Waals surface area (Å²) in [5, 5.41) is 7.48. The zero-order chi connectivity index (χ0) is 19.1. The number of thiophene rings is 1. The first-order chi connectivity index (χ1) is 13.8. The first-order valence-electron chi connectivity index (χ1n) is 9.04. The van der Waals surface area contributed by atoms with E-state index < -0.39 is 5.72 Å². The van der Waals surface area contributed by atoms with Crippen LogP contribution in [0, 0.1) is 0 Å². The van der Waals surface area contributed by atoms with Gasteiger partial charge in [0.1, 0.15) is 0 Å². The number of benzene rings is 2. The summed E-state index contributed by atoms with van der Waals surface area (Å²) in [4.78, 5) is 7.65. The SMILES string of the molecule is C1=COC2(C=C1)C=c1ccccc1=N2.c1ccc2[nH]ccc2c1.c1ccsc1. The number of nitrogens with one attached hydrogen (secondary N) is 1. The Balaban J connectivity index is 0.000000117. The Labute approximate surface area is 167 Å². The maximum Gasteiger partial charge on any atom is 0.239 e. The second kappa shape index (κ2) is 8.55. The molecule has 0 radical (unpaired) electrons. The van der Waals surface area contributed by atoms with Gasteiger partial charge in [0, 0.05) is 16.9 Å². The summed E-state index contributed by atoms with van der Waals surface area (Å²) in [5.41, 5.74) is 0.621. The molecule has 28 heavy (non-hydrogen) atoms. The monoisotopic (exact) mass is 384 g/mol. The lowest BCUT2D eigenvalue weighted by Gasteiger charge is -2.21. The van der Waals surface area contributed by atoms with Crippen molar-refractivity contribution >= 4 is 28.3 Å². The summed E-state index contributed by atoms with van der Waals surface area (Å²) in [6.45, 7) is 0. The molecular formula is C24H20N2OS. The largest absolute Gasteiger partial charge is 0.466 e. The van der Waals surface area contributed by atoms with Crippen LogP contribution in [0.2, 0.25) is 0 Å². The van der Waals surface area contributed by atoms with Gasteiger partial charge in [-0.15, -0.1) is 0 Å². The van der Waals surface area contributed by atoms with Crippen LogP contribution in [-0.4, -0.2) is 10.7 Å². The van der Waals surface area contributed by atoms with E-state index in [1.165, 1.54) is 10.9 Å². The minimum atomic E-state index is -0.585. The van der Waals surface area contributed by atoms with Crippen molar-refractivity contribution < 1.29 is 4.74 Å². The number of hydrogen-bond donors (Lipinski definition) is 1. The maximum absolute atomic E-state index is 5.52. The molecule has 0 saturated heterocycles. The fourth-order valence-corrected chi connectivity index (χ4v) is 3.40. The van der Waals surface area contributed by atoms with Crippen molar-refractivity contribution in [2.75, 3.05) is 0 Å². The number of para-hydroxylation sites is 2. The molecule has 2 aromatic heterocycles. The number of fused-ring (bicyclic) bond motifs is 2. The molecule has 2 aliphatic heterocycles. The molecule has 0 saturated carbocycles. The second-order valence-electron chi connectivity index (χ2n) is 6.23. The van der Waals surface area contributed by atoms with Gasteiger partial charge in [-0.2, -0.15) is 11.3 Å². The topological polar surface area (TPSA) is 37.4 Å². The summed E-state index contributed by atoms with van der Waals surface area (Å²) in [5.74, 6) is 0. The number of hydrogen-bond acceptors (Lipinski definition) is 3. The number of rotatable bonds is 0. The number of allylic oxidation sites excluding steroid dienone is 2. The second-order valence-corrected chi connectivity index (χ2v) is 7.05. The van der Waals surface area contributed by atoms with Crippen molar-refractivity contribution in [2.24, 2.45) is 4.99 Å². The highest BCUT2D eigenvalue weighted by atomic mass is 32.1. The molecule has 0 aliphatic carbocycles. The van der Waals surface area contributed by atoms with Crippen LogP contribution in [0.1, 0.15) is 0 Å². The van der Waals surface area contributed by atoms with Crippen LogP contribution in [0.25, 0.3) is 17.0 Å². The van der Waals surface area contributed by atoms with Gasteiger partial charge in [0.05, 0.1) is 11.6 Å². The van der Waals surface area contributed by atoms with E-state index in [2.05, 4.69) is 28.2 Å². The van der Waals surface area contributed by atoms with E-state index in [0.717, 1.165) is 10.6 Å². The highest BCUT2D eigenvalue weighted by molar-refractivity contribution is 7.07. The van der Waals surface area contributed by atoms with Crippen molar-refractivity contribution in [2.45, 2.75) is 5.72 Å². The third-order valence-electron chi connectivity index (χ3n) is 4.26. The van der Waals surface area contributed by atoms with Gasteiger partial charge in [0.2, 0.25) is 5.72 Å². The number of H-pyrrole nitrogens is 1. The number of aromatic amines is 1. The van der Waals surface area contributed by atoms with E-state index in [4.69, 9.17) is 4.74 Å². The Hall–Kier alpha value is -3.37. The molecule has 1 spiro atoms. The molecule has 6 rings (SSSR count). The van der Waals surface area contributed by atoms with Gasteiger partial charge in [-0.05, 0) is 52.6 Å². The zero-order valence-corrected chi connectivity index (χ0v) is 16.0. The van der Waals surface area contributed by atoms with E-state index >= 15 is 0 Å². The lowest BCUT2D eigenvalue weighted by Crippen LogP contribution is -2.22. The molecule has 4 aromatic rings. The third-order valence-corrected chi connectivity index (χ3v) is 4.89. The van der Waals surface area contributed by atoms with Crippen molar-refractivity contribution in [3.63, 3.8) is 0 Å². The quantitative estimate of drug-likeness (QED) is 0.464. The van der Waals surface area contributed by atoms with Gasteiger partial charge in [-0.3, -0.25) is 0 Å². The molecule has 3 nitrogen and oxygen atoms in total.